The first-order chi connectivity index (χ1) is 20.3. The molecule has 0 heterocycles. The van der Waals surface area contributed by atoms with Crippen molar-refractivity contribution in [2.24, 2.45) is 34.5 Å². The van der Waals surface area contributed by atoms with E-state index >= 15 is 0 Å². The van der Waals surface area contributed by atoms with Gasteiger partial charge in [0.1, 0.15) is 6.10 Å². The quantitative estimate of drug-likeness (QED) is 0.107. The van der Waals surface area contributed by atoms with Crippen molar-refractivity contribution in [2.45, 2.75) is 123 Å². The summed E-state index contributed by atoms with van der Waals surface area (Å²) in [7, 11) is 3.24. The third-order valence-corrected chi connectivity index (χ3v) is 12.3. The van der Waals surface area contributed by atoms with Crippen LogP contribution in [0.5, 0.6) is 11.5 Å². The maximum Gasteiger partial charge on any atom is 0.331 e. The topological polar surface area (TPSA) is 44.8 Å². The highest BCUT2D eigenvalue weighted by molar-refractivity contribution is 5.87. The summed E-state index contributed by atoms with van der Waals surface area (Å²) in [4.78, 5) is 12.8. The molecule has 1 aromatic rings. The van der Waals surface area contributed by atoms with Gasteiger partial charge in [0.25, 0.3) is 0 Å². The van der Waals surface area contributed by atoms with Gasteiger partial charge in [-0.3, -0.25) is 0 Å². The molecule has 0 amide bonds. The number of ether oxygens (including phenoxy) is 3. The molecule has 3 fully saturated rings. The van der Waals surface area contributed by atoms with Crippen molar-refractivity contribution in [3.05, 3.63) is 41.5 Å². The monoisotopic (exact) mass is 576 g/mol. The second-order valence-electron chi connectivity index (χ2n) is 14.4. The van der Waals surface area contributed by atoms with E-state index in [1.807, 2.05) is 18.2 Å². The molecular weight excluding hydrogens is 520 g/mol. The fourth-order valence-electron chi connectivity index (χ4n) is 9.81. The Balaban J connectivity index is 1.16. The highest BCUT2D eigenvalue weighted by Crippen LogP contribution is 2.66. The minimum Gasteiger partial charge on any atom is -0.493 e. The van der Waals surface area contributed by atoms with E-state index in [1.165, 1.54) is 77.0 Å². The van der Waals surface area contributed by atoms with Gasteiger partial charge in [0.2, 0.25) is 0 Å². The molecule has 0 radical (unpaired) electrons. The average molecular weight is 577 g/mol. The molecule has 0 aromatic heterocycles. The van der Waals surface area contributed by atoms with E-state index in [0.29, 0.717) is 16.9 Å². The Labute approximate surface area is 255 Å². The average Bonchev–Trinajstić information content (AvgIpc) is 3.33. The lowest BCUT2D eigenvalue weighted by Gasteiger charge is -2.58. The zero-order chi connectivity index (χ0) is 29.7. The molecule has 0 unspecified atom stereocenters. The van der Waals surface area contributed by atoms with E-state index in [1.54, 1.807) is 31.9 Å². The fourth-order valence-corrected chi connectivity index (χ4v) is 9.81. The number of fused-ring (bicyclic) bond motifs is 5. The van der Waals surface area contributed by atoms with Crippen LogP contribution < -0.4 is 9.47 Å². The van der Waals surface area contributed by atoms with Gasteiger partial charge < -0.3 is 14.2 Å². The normalized spacial score (nSPS) is 33.8. The molecule has 4 nitrogen and oxygen atoms in total. The first-order valence-electron chi connectivity index (χ1n) is 17.1. The van der Waals surface area contributed by atoms with Gasteiger partial charge in [-0.2, -0.15) is 0 Å². The highest BCUT2D eigenvalue weighted by atomic mass is 16.5. The lowest BCUT2D eigenvalue weighted by Crippen LogP contribution is -2.50. The molecule has 0 N–H and O–H groups in total. The summed E-state index contributed by atoms with van der Waals surface area (Å²) in [6.07, 6.45) is 25.8. The number of hydrogen-bond acceptors (Lipinski definition) is 4. The van der Waals surface area contributed by atoms with Crippen molar-refractivity contribution in [1.29, 1.82) is 0 Å². The van der Waals surface area contributed by atoms with Crippen molar-refractivity contribution in [3.63, 3.8) is 0 Å². The Kier molecular flexibility index (Phi) is 10.1. The second kappa shape index (κ2) is 13.6. The number of benzene rings is 1. The van der Waals surface area contributed by atoms with Gasteiger partial charge in [0.15, 0.2) is 11.5 Å². The predicted molar refractivity (Wildman–Crippen MR) is 172 cm³/mol. The standard InChI is InChI=1S/C38H56O4/c1-6-7-8-9-10-11-12-28-16-18-32-31-17-15-29-26-30(21-23-38(29,3)33(31)22-24-37(28,32)2)42-36(39)20-14-27-13-19-34(40-4)35(25-27)41-5/h13-15,19-20,25,28,30-33H,6-12,16-18,21-24,26H2,1-5H3/b20-14+/t28-,30+,31+,32-,33+,37-,38+/m1/s1. The third kappa shape index (κ3) is 6.34. The van der Waals surface area contributed by atoms with Gasteiger partial charge in [-0.15, -0.1) is 0 Å². The van der Waals surface area contributed by atoms with Gasteiger partial charge in [-0.05, 0) is 110 Å². The molecule has 5 rings (SSSR count). The summed E-state index contributed by atoms with van der Waals surface area (Å²) in [5, 5.41) is 0. The van der Waals surface area contributed by atoms with Crippen LogP contribution in [0.1, 0.15) is 123 Å². The maximum atomic E-state index is 12.8. The van der Waals surface area contributed by atoms with Crippen molar-refractivity contribution < 1.29 is 19.0 Å². The molecule has 1 aromatic carbocycles. The molecule has 4 aliphatic rings. The minimum absolute atomic E-state index is 0.0227. The summed E-state index contributed by atoms with van der Waals surface area (Å²) >= 11 is 0. The van der Waals surface area contributed by atoms with E-state index in [0.717, 1.165) is 48.5 Å². The largest absolute Gasteiger partial charge is 0.493 e. The number of rotatable bonds is 12. The molecule has 0 spiro atoms. The molecule has 4 heteroatoms. The van der Waals surface area contributed by atoms with E-state index in [4.69, 9.17) is 14.2 Å². The zero-order valence-corrected chi connectivity index (χ0v) is 27.1. The summed E-state index contributed by atoms with van der Waals surface area (Å²) in [5.41, 5.74) is 3.29. The number of carbonyl (C=O) groups is 1. The van der Waals surface area contributed by atoms with Crippen LogP contribution in [0.2, 0.25) is 0 Å². The van der Waals surface area contributed by atoms with Crippen LogP contribution in [-0.2, 0) is 9.53 Å². The fraction of sp³-hybridized carbons (Fsp3) is 0.711. The SMILES string of the molecule is CCCCCCCC[C@@H]1CC[C@@H]2[C@@H]3CC=C4C[C@@H](OC(=O)/C=C/c5ccc(OC)c(OC)c5)CC[C@]4(C)[C@H]3CC[C@]12C. The van der Waals surface area contributed by atoms with Crippen LogP contribution in [0.3, 0.4) is 0 Å². The van der Waals surface area contributed by atoms with Crippen molar-refractivity contribution in [1.82, 2.24) is 0 Å². The molecule has 0 aliphatic heterocycles. The minimum atomic E-state index is -0.261. The van der Waals surface area contributed by atoms with Gasteiger partial charge in [-0.25, -0.2) is 4.79 Å². The first-order valence-corrected chi connectivity index (χ1v) is 17.1. The first kappa shape index (κ1) is 31.2. The lowest BCUT2D eigenvalue weighted by atomic mass is 9.47. The number of hydrogen-bond donors (Lipinski definition) is 0. The van der Waals surface area contributed by atoms with E-state index in [9.17, 15) is 4.79 Å². The Bertz CT molecular complexity index is 1140. The molecular formula is C38H56O4. The molecule has 4 aliphatic carbocycles. The number of esters is 1. The van der Waals surface area contributed by atoms with Crippen LogP contribution in [0.4, 0.5) is 0 Å². The summed E-state index contributed by atoms with van der Waals surface area (Å²) in [5.74, 6) is 4.54. The summed E-state index contributed by atoms with van der Waals surface area (Å²) in [6.45, 7) is 7.54. The van der Waals surface area contributed by atoms with Crippen LogP contribution in [0.15, 0.2) is 35.9 Å². The summed E-state index contributed by atoms with van der Waals surface area (Å²) in [6, 6.07) is 5.63. The number of carbonyl (C=O) groups excluding carboxylic acids is 1. The van der Waals surface area contributed by atoms with Gasteiger partial charge in [-0.1, -0.05) is 77.0 Å². The molecule has 3 saturated carbocycles. The Morgan fingerprint density at radius 3 is 2.50 bits per heavy atom. The van der Waals surface area contributed by atoms with Crippen LogP contribution in [0, 0.1) is 34.5 Å². The number of unbranched alkanes of at least 4 members (excludes halogenated alkanes) is 5. The second-order valence-corrected chi connectivity index (χ2v) is 14.4. The van der Waals surface area contributed by atoms with Crippen LogP contribution in [0.25, 0.3) is 6.08 Å². The van der Waals surface area contributed by atoms with Crippen molar-refractivity contribution in [2.75, 3.05) is 14.2 Å². The van der Waals surface area contributed by atoms with Crippen molar-refractivity contribution in [3.8, 4) is 11.5 Å². The van der Waals surface area contributed by atoms with Gasteiger partial charge in [0.05, 0.1) is 14.2 Å². The predicted octanol–water partition coefficient (Wildman–Crippen LogP) is 9.96. The Hall–Kier alpha value is -2.23. The number of methoxy groups -OCH3 is 2. The van der Waals surface area contributed by atoms with Gasteiger partial charge >= 0.3 is 5.97 Å². The molecule has 42 heavy (non-hydrogen) atoms. The van der Waals surface area contributed by atoms with Crippen LogP contribution >= 0.6 is 0 Å². The smallest absolute Gasteiger partial charge is 0.331 e. The van der Waals surface area contributed by atoms with E-state index < -0.39 is 0 Å². The van der Waals surface area contributed by atoms with Gasteiger partial charge in [0, 0.05) is 12.5 Å². The maximum absolute atomic E-state index is 12.8. The Morgan fingerprint density at radius 1 is 0.929 bits per heavy atom. The number of allylic oxidation sites excluding steroid dienone is 1. The van der Waals surface area contributed by atoms with Crippen LogP contribution in [-0.4, -0.2) is 26.3 Å². The van der Waals surface area contributed by atoms with Crippen molar-refractivity contribution >= 4 is 12.0 Å². The lowest BCUT2D eigenvalue weighted by molar-refractivity contribution is -0.145. The summed E-state index contributed by atoms with van der Waals surface area (Å²) < 4.78 is 16.7. The third-order valence-electron chi connectivity index (χ3n) is 12.3. The molecule has 0 bridgehead atoms. The van der Waals surface area contributed by atoms with E-state index in [2.05, 4.69) is 26.8 Å². The highest BCUT2D eigenvalue weighted by Gasteiger charge is 2.58. The van der Waals surface area contributed by atoms with E-state index in [-0.39, 0.29) is 17.5 Å². The molecule has 232 valence electrons. The molecule has 0 saturated heterocycles. The zero-order valence-electron chi connectivity index (χ0n) is 27.1. The molecule has 7 atom stereocenters. The Morgan fingerprint density at radius 2 is 1.71 bits per heavy atom.